The third kappa shape index (κ3) is 5.19. The fraction of sp³-hybridized carbons (Fsp3) is 0.952. The monoisotopic (exact) mass is 349 g/mol. The standard InChI is InChI=1S/C21H39N3O/c1-17(2)20-6-13-23(14-7-20)21-8-11-22(12-9-21)15-19-5-4-10-24(16-19)18(3)25/h17,19-21H,4-16H2,1-3H3/t19-/m0/s1. The molecule has 0 aromatic rings. The number of piperidine rings is 3. The average molecular weight is 350 g/mol. The molecule has 0 bridgehead atoms. The van der Waals surface area contributed by atoms with E-state index in [0.29, 0.717) is 5.92 Å². The summed E-state index contributed by atoms with van der Waals surface area (Å²) in [6.45, 7) is 14.8. The lowest BCUT2D eigenvalue weighted by molar-refractivity contribution is -0.130. The predicted molar refractivity (Wildman–Crippen MR) is 104 cm³/mol. The Hall–Kier alpha value is -0.610. The van der Waals surface area contributed by atoms with Gasteiger partial charge in [0.25, 0.3) is 0 Å². The van der Waals surface area contributed by atoms with Gasteiger partial charge in [-0.2, -0.15) is 0 Å². The van der Waals surface area contributed by atoms with Crippen LogP contribution >= 0.6 is 0 Å². The fourth-order valence-corrected chi connectivity index (χ4v) is 5.28. The smallest absolute Gasteiger partial charge is 0.219 e. The Kier molecular flexibility index (Phi) is 6.79. The topological polar surface area (TPSA) is 26.8 Å². The highest BCUT2D eigenvalue weighted by atomic mass is 16.2. The van der Waals surface area contributed by atoms with Gasteiger partial charge in [-0.15, -0.1) is 0 Å². The molecule has 1 atom stereocenters. The minimum Gasteiger partial charge on any atom is -0.343 e. The van der Waals surface area contributed by atoms with Crippen molar-refractivity contribution in [3.8, 4) is 0 Å². The van der Waals surface area contributed by atoms with Gasteiger partial charge in [0.1, 0.15) is 0 Å². The van der Waals surface area contributed by atoms with Crippen LogP contribution in [0.15, 0.2) is 0 Å². The van der Waals surface area contributed by atoms with Crippen molar-refractivity contribution in [1.82, 2.24) is 14.7 Å². The van der Waals surface area contributed by atoms with Crippen LogP contribution in [0.5, 0.6) is 0 Å². The van der Waals surface area contributed by atoms with Gasteiger partial charge in [0.05, 0.1) is 0 Å². The molecular formula is C21H39N3O. The summed E-state index contributed by atoms with van der Waals surface area (Å²) in [4.78, 5) is 19.1. The van der Waals surface area contributed by atoms with E-state index in [1.807, 2.05) is 0 Å². The third-order valence-corrected chi connectivity index (χ3v) is 7.07. The zero-order valence-corrected chi connectivity index (χ0v) is 16.8. The second-order valence-electron chi connectivity index (χ2n) is 9.12. The van der Waals surface area contributed by atoms with Crippen molar-refractivity contribution in [2.75, 3.05) is 45.8 Å². The normalized spacial score (nSPS) is 28.6. The molecule has 0 aliphatic carbocycles. The molecule has 3 fully saturated rings. The van der Waals surface area contributed by atoms with Crippen molar-refractivity contribution in [1.29, 1.82) is 0 Å². The van der Waals surface area contributed by atoms with Crippen LogP contribution < -0.4 is 0 Å². The molecule has 144 valence electrons. The van der Waals surface area contributed by atoms with Crippen LogP contribution in [0.4, 0.5) is 0 Å². The molecule has 0 aromatic carbocycles. The van der Waals surface area contributed by atoms with Gasteiger partial charge in [-0.3, -0.25) is 4.79 Å². The lowest BCUT2D eigenvalue weighted by Crippen LogP contribution is -2.50. The molecule has 0 saturated carbocycles. The summed E-state index contributed by atoms with van der Waals surface area (Å²) >= 11 is 0. The number of hydrogen-bond acceptors (Lipinski definition) is 3. The first-order chi connectivity index (χ1) is 12.0. The molecule has 25 heavy (non-hydrogen) atoms. The van der Waals surface area contributed by atoms with Gasteiger partial charge in [0.2, 0.25) is 5.91 Å². The lowest BCUT2D eigenvalue weighted by Gasteiger charge is -2.43. The van der Waals surface area contributed by atoms with Crippen LogP contribution in [-0.2, 0) is 4.79 Å². The van der Waals surface area contributed by atoms with Gasteiger partial charge in [0, 0.05) is 32.6 Å². The van der Waals surface area contributed by atoms with E-state index in [-0.39, 0.29) is 5.91 Å². The van der Waals surface area contributed by atoms with Crippen LogP contribution in [-0.4, -0.2) is 72.5 Å². The van der Waals surface area contributed by atoms with Crippen LogP contribution in [0.25, 0.3) is 0 Å². The molecule has 0 unspecified atom stereocenters. The Morgan fingerprint density at radius 2 is 1.64 bits per heavy atom. The van der Waals surface area contributed by atoms with Crippen molar-refractivity contribution in [2.24, 2.45) is 17.8 Å². The van der Waals surface area contributed by atoms with E-state index in [0.717, 1.165) is 31.0 Å². The molecule has 4 nitrogen and oxygen atoms in total. The van der Waals surface area contributed by atoms with Crippen LogP contribution in [0, 0.1) is 17.8 Å². The van der Waals surface area contributed by atoms with Crippen molar-refractivity contribution < 1.29 is 4.79 Å². The quantitative estimate of drug-likeness (QED) is 0.780. The van der Waals surface area contributed by atoms with Gasteiger partial charge in [-0.1, -0.05) is 13.8 Å². The molecule has 4 heteroatoms. The Balaban J connectivity index is 1.38. The van der Waals surface area contributed by atoms with Crippen LogP contribution in [0.3, 0.4) is 0 Å². The summed E-state index contributed by atoms with van der Waals surface area (Å²) in [6, 6.07) is 0.824. The highest BCUT2D eigenvalue weighted by Gasteiger charge is 2.30. The minimum atomic E-state index is 0.258. The Morgan fingerprint density at radius 1 is 0.960 bits per heavy atom. The van der Waals surface area contributed by atoms with E-state index in [1.54, 1.807) is 6.92 Å². The van der Waals surface area contributed by atoms with Crippen molar-refractivity contribution in [2.45, 2.75) is 65.3 Å². The van der Waals surface area contributed by atoms with Gasteiger partial charge >= 0.3 is 0 Å². The van der Waals surface area contributed by atoms with Crippen LogP contribution in [0.2, 0.25) is 0 Å². The summed E-state index contributed by atoms with van der Waals surface area (Å²) in [6.07, 6.45) is 7.98. The van der Waals surface area contributed by atoms with E-state index >= 15 is 0 Å². The molecule has 3 aliphatic heterocycles. The molecule has 3 rings (SSSR count). The van der Waals surface area contributed by atoms with E-state index in [4.69, 9.17) is 0 Å². The van der Waals surface area contributed by atoms with Gasteiger partial charge in [-0.05, 0) is 82.5 Å². The van der Waals surface area contributed by atoms with Gasteiger partial charge in [-0.25, -0.2) is 0 Å². The number of hydrogen-bond donors (Lipinski definition) is 0. The molecule has 3 saturated heterocycles. The van der Waals surface area contributed by atoms with Crippen molar-refractivity contribution in [3.63, 3.8) is 0 Å². The molecule has 1 amide bonds. The van der Waals surface area contributed by atoms with E-state index < -0.39 is 0 Å². The highest BCUT2D eigenvalue weighted by Crippen LogP contribution is 2.28. The maximum atomic E-state index is 11.6. The largest absolute Gasteiger partial charge is 0.343 e. The average Bonchev–Trinajstić information content (AvgIpc) is 2.63. The maximum Gasteiger partial charge on any atom is 0.219 e. The fourth-order valence-electron chi connectivity index (χ4n) is 5.28. The minimum absolute atomic E-state index is 0.258. The highest BCUT2D eigenvalue weighted by molar-refractivity contribution is 5.73. The zero-order valence-electron chi connectivity index (χ0n) is 16.8. The number of rotatable bonds is 4. The maximum absolute atomic E-state index is 11.6. The Bertz CT molecular complexity index is 423. The molecule has 3 heterocycles. The number of carbonyl (C=O) groups is 1. The molecule has 0 aromatic heterocycles. The number of likely N-dealkylation sites (tertiary alicyclic amines) is 3. The number of nitrogens with zero attached hydrogens (tertiary/aromatic N) is 3. The van der Waals surface area contributed by atoms with E-state index in [2.05, 4.69) is 28.5 Å². The predicted octanol–water partition coefficient (Wildman–Crippen LogP) is 3.08. The summed E-state index contributed by atoms with van der Waals surface area (Å²) in [5.41, 5.74) is 0. The first-order valence-electron chi connectivity index (χ1n) is 10.7. The third-order valence-electron chi connectivity index (χ3n) is 7.07. The van der Waals surface area contributed by atoms with Gasteiger partial charge < -0.3 is 14.7 Å². The SMILES string of the molecule is CC(=O)N1CCC[C@@H](CN2CCC(N3CCC(C(C)C)CC3)CC2)C1. The second kappa shape index (κ2) is 8.85. The van der Waals surface area contributed by atoms with E-state index in [1.165, 1.54) is 71.2 Å². The second-order valence-corrected chi connectivity index (χ2v) is 9.12. The zero-order chi connectivity index (χ0) is 17.8. The first kappa shape index (κ1) is 19.2. The molecule has 3 aliphatic rings. The van der Waals surface area contributed by atoms with E-state index in [9.17, 15) is 4.79 Å². The molecular weight excluding hydrogens is 310 g/mol. The summed E-state index contributed by atoms with van der Waals surface area (Å²) in [7, 11) is 0. The lowest BCUT2D eigenvalue weighted by atomic mass is 9.85. The van der Waals surface area contributed by atoms with Crippen molar-refractivity contribution in [3.05, 3.63) is 0 Å². The number of amides is 1. The summed E-state index contributed by atoms with van der Waals surface area (Å²) in [5.74, 6) is 2.75. The Morgan fingerprint density at radius 3 is 2.24 bits per heavy atom. The first-order valence-corrected chi connectivity index (χ1v) is 10.7. The van der Waals surface area contributed by atoms with Crippen LogP contribution in [0.1, 0.15) is 59.3 Å². The molecule has 0 radical (unpaired) electrons. The Labute approximate surface area is 154 Å². The number of carbonyl (C=O) groups excluding carboxylic acids is 1. The summed E-state index contributed by atoms with van der Waals surface area (Å²) < 4.78 is 0. The summed E-state index contributed by atoms with van der Waals surface area (Å²) in [5, 5.41) is 0. The molecule has 0 spiro atoms. The van der Waals surface area contributed by atoms with Gasteiger partial charge in [0.15, 0.2) is 0 Å². The molecule has 0 N–H and O–H groups in total. The van der Waals surface area contributed by atoms with Crippen molar-refractivity contribution >= 4 is 5.91 Å².